The minimum Gasteiger partial charge on any atom is -0.392 e. The van der Waals surface area contributed by atoms with Gasteiger partial charge >= 0.3 is 0 Å². The molecule has 4 rings (SSSR count). The highest BCUT2D eigenvalue weighted by atomic mass is 32.2. The average Bonchev–Trinajstić information content (AvgIpc) is 3.35. The highest BCUT2D eigenvalue weighted by Crippen LogP contribution is 2.37. The van der Waals surface area contributed by atoms with Crippen LogP contribution in [0, 0.1) is 17.5 Å². The summed E-state index contributed by atoms with van der Waals surface area (Å²) < 4.78 is 63.8. The molecule has 2 N–H and O–H groups in total. The monoisotopic (exact) mass is 558 g/mol. The minimum atomic E-state index is -2.04. The predicted octanol–water partition coefficient (Wildman–Crippen LogP) is 5.67. The molecule has 0 aliphatic rings. The van der Waals surface area contributed by atoms with Gasteiger partial charge in [-0.05, 0) is 69.2 Å². The van der Waals surface area contributed by atoms with E-state index in [9.17, 15) is 23.2 Å². The molecule has 39 heavy (non-hydrogen) atoms. The molecule has 0 saturated heterocycles. The maximum atomic E-state index is 15.7. The zero-order chi connectivity index (χ0) is 28.7. The zero-order valence-electron chi connectivity index (χ0n) is 22.1. The van der Waals surface area contributed by atoms with Crippen molar-refractivity contribution in [3.8, 4) is 16.8 Å². The molecule has 1 atom stereocenters. The lowest BCUT2D eigenvalue weighted by Crippen LogP contribution is -2.26. The number of benzene rings is 3. The van der Waals surface area contributed by atoms with Crippen LogP contribution in [0.3, 0.4) is 0 Å². The van der Waals surface area contributed by atoms with Gasteiger partial charge in [-0.2, -0.15) is 0 Å². The van der Waals surface area contributed by atoms with Gasteiger partial charge in [0.15, 0.2) is 11.1 Å². The van der Waals surface area contributed by atoms with Crippen LogP contribution < -0.4 is 0 Å². The van der Waals surface area contributed by atoms with Gasteiger partial charge in [0.1, 0.15) is 28.9 Å². The number of hydrogen-bond acceptors (Lipinski definition) is 5. The van der Waals surface area contributed by atoms with Crippen LogP contribution in [0.5, 0.6) is 0 Å². The second kappa shape index (κ2) is 10.7. The number of aliphatic hydroxyl groups is 2. The van der Waals surface area contributed by atoms with Gasteiger partial charge in [-0.1, -0.05) is 24.3 Å². The molecular weight excluding hydrogens is 529 g/mol. The molecule has 0 aliphatic heterocycles. The van der Waals surface area contributed by atoms with Crippen LogP contribution >= 0.6 is 0 Å². The molecule has 206 valence electrons. The Morgan fingerprint density at radius 2 is 1.62 bits per heavy atom. The number of rotatable bonds is 8. The van der Waals surface area contributed by atoms with E-state index in [1.54, 1.807) is 52.0 Å². The Morgan fingerprint density at radius 3 is 2.21 bits per heavy atom. The van der Waals surface area contributed by atoms with Crippen molar-refractivity contribution in [2.24, 2.45) is 0 Å². The topological polar surface area (TPSA) is 84.6 Å². The fraction of sp³-hybridized carbons (Fsp3) is 0.276. The number of hydrogen-bond donors (Lipinski definition) is 2. The van der Waals surface area contributed by atoms with E-state index < -0.39 is 46.2 Å². The molecule has 0 spiro atoms. The van der Waals surface area contributed by atoms with E-state index in [1.165, 1.54) is 42.1 Å². The number of aliphatic hydroxyl groups excluding tert-OH is 1. The van der Waals surface area contributed by atoms with E-state index in [0.29, 0.717) is 11.4 Å². The molecule has 4 aromatic rings. The lowest BCUT2D eigenvalue weighted by Gasteiger charge is -2.26. The number of imidazole rings is 1. The summed E-state index contributed by atoms with van der Waals surface area (Å²) in [6.45, 7) is 5.92. The molecule has 0 bridgehead atoms. The minimum absolute atomic E-state index is 0.0576. The van der Waals surface area contributed by atoms with Gasteiger partial charge in [0.25, 0.3) is 0 Å². The van der Waals surface area contributed by atoms with E-state index in [-0.39, 0.29) is 33.0 Å². The summed E-state index contributed by atoms with van der Waals surface area (Å²) in [6.07, 6.45) is 1.51. The first-order valence-electron chi connectivity index (χ1n) is 12.1. The molecule has 6 nitrogen and oxygen atoms in total. The first-order chi connectivity index (χ1) is 18.3. The molecule has 0 radical (unpaired) electrons. The Hall–Kier alpha value is -3.31. The highest BCUT2D eigenvalue weighted by Gasteiger charge is 2.34. The van der Waals surface area contributed by atoms with Crippen LogP contribution in [0.4, 0.5) is 13.2 Å². The van der Waals surface area contributed by atoms with Gasteiger partial charge in [0, 0.05) is 17.3 Å². The molecule has 1 aromatic heterocycles. The number of halogens is 3. The first kappa shape index (κ1) is 28.7. The Balaban J connectivity index is 1.88. The van der Waals surface area contributed by atoms with Crippen molar-refractivity contribution in [2.75, 3.05) is 7.11 Å². The summed E-state index contributed by atoms with van der Waals surface area (Å²) in [5, 5.41) is 20.2. The fourth-order valence-electron chi connectivity index (χ4n) is 4.44. The van der Waals surface area contributed by atoms with Crippen LogP contribution in [0.1, 0.15) is 50.3 Å². The number of nitrogens with zero attached hydrogens (tertiary/aromatic N) is 2. The molecule has 0 fully saturated rings. The van der Waals surface area contributed by atoms with Crippen molar-refractivity contribution in [1.29, 1.82) is 0 Å². The molecule has 10 heteroatoms. The fourth-order valence-corrected chi connectivity index (χ4v) is 5.21. The molecule has 0 aliphatic carbocycles. The quantitative estimate of drug-likeness (QED) is 0.291. The lowest BCUT2D eigenvalue weighted by atomic mass is 9.83. The first-order valence-corrected chi connectivity index (χ1v) is 13.1. The normalized spacial score (nSPS) is 13.1. The second-order valence-corrected chi connectivity index (χ2v) is 11.4. The maximum absolute atomic E-state index is 15.7. The second-order valence-electron chi connectivity index (χ2n) is 10.1. The van der Waals surface area contributed by atoms with Crippen molar-refractivity contribution in [3.63, 3.8) is 0 Å². The predicted molar refractivity (Wildman–Crippen MR) is 142 cm³/mol. The van der Waals surface area contributed by atoms with Crippen LogP contribution in [-0.4, -0.2) is 31.1 Å². The van der Waals surface area contributed by atoms with Crippen molar-refractivity contribution < 1.29 is 31.8 Å². The third kappa shape index (κ3) is 5.42. The van der Waals surface area contributed by atoms with Crippen molar-refractivity contribution >= 4 is 11.1 Å². The molecule has 1 unspecified atom stereocenters. The average molecular weight is 559 g/mol. The van der Waals surface area contributed by atoms with Crippen LogP contribution in [0.2, 0.25) is 0 Å². The van der Waals surface area contributed by atoms with E-state index in [2.05, 4.69) is 4.98 Å². The van der Waals surface area contributed by atoms with Crippen LogP contribution in [0.15, 0.2) is 65.7 Å². The third-order valence-electron chi connectivity index (χ3n) is 6.62. The van der Waals surface area contributed by atoms with E-state index in [1.807, 2.05) is 0 Å². The molecule has 3 aromatic carbocycles. The summed E-state index contributed by atoms with van der Waals surface area (Å²) in [7, 11) is 1.18. The smallest absolute Gasteiger partial charge is 0.189 e. The maximum Gasteiger partial charge on any atom is 0.189 e. The molecule has 0 saturated carbocycles. The summed E-state index contributed by atoms with van der Waals surface area (Å²) >= 11 is -2.04. The van der Waals surface area contributed by atoms with Gasteiger partial charge in [-0.25, -0.2) is 22.4 Å². The van der Waals surface area contributed by atoms with Gasteiger partial charge in [0.05, 0.1) is 35.4 Å². The van der Waals surface area contributed by atoms with Crippen LogP contribution in [0.25, 0.3) is 16.8 Å². The zero-order valence-corrected chi connectivity index (χ0v) is 22.9. The summed E-state index contributed by atoms with van der Waals surface area (Å²) in [6, 6.07) is 12.9. The Kier molecular flexibility index (Phi) is 7.86. The van der Waals surface area contributed by atoms with Crippen molar-refractivity contribution in [3.05, 3.63) is 101 Å². The van der Waals surface area contributed by atoms with Gasteiger partial charge in [-0.3, -0.25) is 8.75 Å². The van der Waals surface area contributed by atoms with E-state index >= 15 is 4.39 Å². The Labute approximate surface area is 227 Å². The largest absolute Gasteiger partial charge is 0.392 e. The highest BCUT2D eigenvalue weighted by molar-refractivity contribution is 7.80. The Morgan fingerprint density at radius 1 is 0.949 bits per heavy atom. The van der Waals surface area contributed by atoms with Gasteiger partial charge < -0.3 is 10.2 Å². The SMILES string of the molecule is COS(=O)c1cc(-c2ccc(-n3cc(C(C)(C)O)nc3C(C)(C)c3ccccc3F)c(F)c2)cc(F)c1CO. The van der Waals surface area contributed by atoms with Crippen LogP contribution in [-0.2, 0) is 32.9 Å². The summed E-state index contributed by atoms with van der Waals surface area (Å²) in [4.78, 5) is 4.54. The lowest BCUT2D eigenvalue weighted by molar-refractivity contribution is 0.0740. The van der Waals surface area contributed by atoms with Gasteiger partial charge in [-0.15, -0.1) is 0 Å². The molecule has 1 heterocycles. The Bertz CT molecular complexity index is 1560. The van der Waals surface area contributed by atoms with Crippen molar-refractivity contribution in [2.45, 2.75) is 50.2 Å². The summed E-state index contributed by atoms with van der Waals surface area (Å²) in [5.41, 5.74) is -1.36. The third-order valence-corrected chi connectivity index (χ3v) is 7.65. The van der Waals surface area contributed by atoms with Crippen molar-refractivity contribution in [1.82, 2.24) is 9.55 Å². The standard InChI is InChI=1S/C29H29F3N2O4S/c1-28(2,20-8-6-7-9-21(20)30)27-33-26(29(3,4)36)15-34(27)24-11-10-17(12-23(24)32)18-13-22(31)19(16-35)25(14-18)39(37)38-5/h6-15,35-36H,16H2,1-5H3. The molecular formula is C29H29F3N2O4S. The van der Waals surface area contributed by atoms with Gasteiger partial charge in [0.2, 0.25) is 0 Å². The summed E-state index contributed by atoms with van der Waals surface area (Å²) in [5.74, 6) is -1.65. The van der Waals surface area contributed by atoms with E-state index in [4.69, 9.17) is 4.18 Å². The van der Waals surface area contributed by atoms with E-state index in [0.717, 1.165) is 6.07 Å². The number of aromatic nitrogens is 2. The molecule has 0 amide bonds.